The molecule has 0 amide bonds. The second kappa shape index (κ2) is 9.47. The average Bonchev–Trinajstić information content (AvgIpc) is 3.22. The summed E-state index contributed by atoms with van der Waals surface area (Å²) >= 11 is 0. The van der Waals surface area contributed by atoms with Crippen molar-refractivity contribution in [3.05, 3.63) is 35.9 Å². The van der Waals surface area contributed by atoms with Gasteiger partial charge in [0.25, 0.3) is 0 Å². The third kappa shape index (κ3) is 4.71. The van der Waals surface area contributed by atoms with Crippen molar-refractivity contribution in [3.63, 3.8) is 0 Å². The first kappa shape index (κ1) is 21.3. The Morgan fingerprint density at radius 2 is 2.06 bits per heavy atom. The van der Waals surface area contributed by atoms with Gasteiger partial charge in [-0.25, -0.2) is 9.37 Å². The summed E-state index contributed by atoms with van der Waals surface area (Å²) in [4.78, 5) is 13.9. The summed E-state index contributed by atoms with van der Waals surface area (Å²) in [6.45, 7) is 2.29. The molecule has 31 heavy (non-hydrogen) atoms. The van der Waals surface area contributed by atoms with Crippen molar-refractivity contribution in [2.45, 2.75) is 64.1 Å². The number of rotatable bonds is 8. The van der Waals surface area contributed by atoms with Gasteiger partial charge >= 0.3 is 0 Å². The molecule has 9 heteroatoms. The van der Waals surface area contributed by atoms with Gasteiger partial charge < -0.3 is 26.0 Å². The summed E-state index contributed by atoms with van der Waals surface area (Å²) in [5.74, 6) is 0.649. The molecule has 2 heterocycles. The SMILES string of the molecule is CCC(CO)Nc1nc(NCc2cc(F)ccc2N)c2ncn(C3CCCCC3)c2n1. The molecule has 1 saturated carbocycles. The molecule has 166 valence electrons. The van der Waals surface area contributed by atoms with Gasteiger partial charge in [0.2, 0.25) is 5.95 Å². The predicted molar refractivity (Wildman–Crippen MR) is 120 cm³/mol. The number of halogens is 1. The molecule has 1 aromatic carbocycles. The smallest absolute Gasteiger partial charge is 0.227 e. The van der Waals surface area contributed by atoms with Gasteiger partial charge in [0.05, 0.1) is 19.0 Å². The molecule has 1 aliphatic rings. The first-order valence-electron chi connectivity index (χ1n) is 11.0. The minimum absolute atomic E-state index is 0.0115. The Balaban J connectivity index is 1.69. The lowest BCUT2D eigenvalue weighted by Gasteiger charge is -2.23. The molecule has 1 fully saturated rings. The van der Waals surface area contributed by atoms with E-state index in [0.29, 0.717) is 41.1 Å². The third-order valence-electron chi connectivity index (χ3n) is 5.99. The van der Waals surface area contributed by atoms with Crippen LogP contribution in [0.15, 0.2) is 24.5 Å². The molecule has 1 atom stereocenters. The van der Waals surface area contributed by atoms with E-state index in [1.54, 1.807) is 6.07 Å². The minimum Gasteiger partial charge on any atom is -0.398 e. The molecule has 4 rings (SSSR count). The maximum atomic E-state index is 13.7. The summed E-state index contributed by atoms with van der Waals surface area (Å²) in [6, 6.07) is 4.54. The Labute approximate surface area is 181 Å². The summed E-state index contributed by atoms with van der Waals surface area (Å²) in [5.41, 5.74) is 8.59. The normalized spacial score (nSPS) is 15.8. The van der Waals surface area contributed by atoms with Crippen LogP contribution in [-0.4, -0.2) is 37.3 Å². The molecule has 3 aromatic rings. The van der Waals surface area contributed by atoms with Crippen LogP contribution < -0.4 is 16.4 Å². The quantitative estimate of drug-likeness (QED) is 0.404. The second-order valence-electron chi connectivity index (χ2n) is 8.14. The Kier molecular flexibility index (Phi) is 6.50. The highest BCUT2D eigenvalue weighted by Gasteiger charge is 2.21. The van der Waals surface area contributed by atoms with Gasteiger partial charge in [0.15, 0.2) is 17.0 Å². The number of nitrogens with zero attached hydrogens (tertiary/aromatic N) is 4. The zero-order valence-corrected chi connectivity index (χ0v) is 17.8. The number of nitrogens with two attached hydrogens (primary N) is 1. The number of nitrogen functional groups attached to an aromatic ring is 1. The van der Waals surface area contributed by atoms with Gasteiger partial charge in [0, 0.05) is 18.3 Å². The second-order valence-corrected chi connectivity index (χ2v) is 8.14. The first-order chi connectivity index (χ1) is 15.1. The van der Waals surface area contributed by atoms with Crippen LogP contribution in [0.2, 0.25) is 0 Å². The van der Waals surface area contributed by atoms with Crippen LogP contribution in [0.25, 0.3) is 11.2 Å². The standard InChI is InChI=1S/C22H30FN7O/c1-2-16(12-31)27-22-28-20(25-11-14-10-15(23)8-9-18(14)24)19-21(29-22)30(13-26-19)17-6-4-3-5-7-17/h8-10,13,16-17,31H,2-7,11-12,24H2,1H3,(H2,25,27,28,29). The van der Waals surface area contributed by atoms with E-state index in [9.17, 15) is 9.50 Å². The largest absolute Gasteiger partial charge is 0.398 e. The lowest BCUT2D eigenvalue weighted by Crippen LogP contribution is -2.24. The molecule has 0 spiro atoms. The van der Waals surface area contributed by atoms with Crippen LogP contribution in [0.1, 0.15) is 57.1 Å². The summed E-state index contributed by atoms with van der Waals surface area (Å²) in [7, 11) is 0. The van der Waals surface area contributed by atoms with Crippen LogP contribution >= 0.6 is 0 Å². The molecule has 0 aliphatic heterocycles. The lowest BCUT2D eigenvalue weighted by molar-refractivity contribution is 0.271. The fourth-order valence-electron chi connectivity index (χ4n) is 4.10. The zero-order valence-electron chi connectivity index (χ0n) is 17.8. The Bertz CT molecular complexity index is 1030. The number of aliphatic hydroxyl groups is 1. The fourth-order valence-corrected chi connectivity index (χ4v) is 4.10. The van der Waals surface area contributed by atoms with Gasteiger partial charge in [-0.3, -0.25) is 0 Å². The highest BCUT2D eigenvalue weighted by Crippen LogP contribution is 2.32. The number of fused-ring (bicyclic) bond motifs is 1. The first-order valence-corrected chi connectivity index (χ1v) is 11.0. The van der Waals surface area contributed by atoms with Crippen molar-refractivity contribution in [2.75, 3.05) is 23.0 Å². The van der Waals surface area contributed by atoms with Crippen molar-refractivity contribution < 1.29 is 9.50 Å². The van der Waals surface area contributed by atoms with Crippen molar-refractivity contribution in [2.24, 2.45) is 0 Å². The highest BCUT2D eigenvalue weighted by molar-refractivity contribution is 5.84. The summed E-state index contributed by atoms with van der Waals surface area (Å²) in [6.07, 6.45) is 8.46. The molecular formula is C22H30FN7O. The van der Waals surface area contributed by atoms with Crippen molar-refractivity contribution >= 4 is 28.6 Å². The number of hydrogen-bond acceptors (Lipinski definition) is 7. The van der Waals surface area contributed by atoms with Gasteiger partial charge in [-0.1, -0.05) is 26.2 Å². The van der Waals surface area contributed by atoms with E-state index in [2.05, 4.69) is 25.2 Å². The van der Waals surface area contributed by atoms with Crippen LogP contribution in [-0.2, 0) is 6.54 Å². The number of aliphatic hydroxyl groups excluding tert-OH is 1. The third-order valence-corrected chi connectivity index (χ3v) is 5.99. The fraction of sp³-hybridized carbons (Fsp3) is 0.500. The molecular weight excluding hydrogens is 397 g/mol. The molecule has 0 bridgehead atoms. The van der Waals surface area contributed by atoms with E-state index >= 15 is 0 Å². The summed E-state index contributed by atoms with van der Waals surface area (Å²) < 4.78 is 15.8. The number of anilines is 3. The van der Waals surface area contributed by atoms with Crippen LogP contribution in [0.5, 0.6) is 0 Å². The maximum Gasteiger partial charge on any atom is 0.227 e. The Morgan fingerprint density at radius 1 is 1.26 bits per heavy atom. The van der Waals surface area contributed by atoms with E-state index < -0.39 is 0 Å². The van der Waals surface area contributed by atoms with E-state index in [4.69, 9.17) is 10.7 Å². The number of benzene rings is 1. The molecule has 0 saturated heterocycles. The van der Waals surface area contributed by atoms with Crippen molar-refractivity contribution in [1.29, 1.82) is 0 Å². The van der Waals surface area contributed by atoms with E-state index in [1.807, 2.05) is 13.3 Å². The van der Waals surface area contributed by atoms with Gasteiger partial charge in [-0.2, -0.15) is 9.97 Å². The van der Waals surface area contributed by atoms with Crippen molar-refractivity contribution in [3.8, 4) is 0 Å². The van der Waals surface area contributed by atoms with Crippen LogP contribution in [0.4, 0.5) is 21.8 Å². The average molecular weight is 428 g/mol. The lowest BCUT2D eigenvalue weighted by atomic mass is 9.95. The van der Waals surface area contributed by atoms with Gasteiger partial charge in [-0.05, 0) is 43.0 Å². The van der Waals surface area contributed by atoms with Gasteiger partial charge in [-0.15, -0.1) is 0 Å². The molecule has 2 aromatic heterocycles. The number of nitrogens with one attached hydrogen (secondary N) is 2. The predicted octanol–water partition coefficient (Wildman–Crippen LogP) is 3.85. The zero-order chi connectivity index (χ0) is 21.8. The number of imidazole rings is 1. The topological polar surface area (TPSA) is 114 Å². The molecule has 5 N–H and O–H groups in total. The molecule has 8 nitrogen and oxygen atoms in total. The summed E-state index contributed by atoms with van der Waals surface area (Å²) in [5, 5.41) is 16.1. The van der Waals surface area contributed by atoms with Crippen LogP contribution in [0, 0.1) is 5.82 Å². The number of aromatic nitrogens is 4. The molecule has 1 aliphatic carbocycles. The maximum absolute atomic E-state index is 13.7. The molecule has 0 radical (unpaired) electrons. The highest BCUT2D eigenvalue weighted by atomic mass is 19.1. The van der Waals surface area contributed by atoms with E-state index in [0.717, 1.165) is 24.9 Å². The Hall–Kier alpha value is -2.94. The van der Waals surface area contributed by atoms with E-state index in [1.165, 1.54) is 31.4 Å². The monoisotopic (exact) mass is 427 g/mol. The van der Waals surface area contributed by atoms with Gasteiger partial charge in [0.1, 0.15) is 5.82 Å². The van der Waals surface area contributed by atoms with Crippen molar-refractivity contribution in [1.82, 2.24) is 19.5 Å². The Morgan fingerprint density at radius 3 is 2.81 bits per heavy atom. The van der Waals surface area contributed by atoms with Crippen LogP contribution in [0.3, 0.4) is 0 Å². The number of hydrogen-bond donors (Lipinski definition) is 4. The molecule has 1 unspecified atom stereocenters. The van der Waals surface area contributed by atoms with E-state index in [-0.39, 0.29) is 18.5 Å². The minimum atomic E-state index is -0.337.